The van der Waals surface area contributed by atoms with Crippen LogP contribution in [-0.4, -0.2) is 9.55 Å². The molecule has 1 heterocycles. The summed E-state index contributed by atoms with van der Waals surface area (Å²) in [6, 6.07) is 7.01. The van der Waals surface area contributed by atoms with Gasteiger partial charge in [-0.05, 0) is 60.6 Å². The van der Waals surface area contributed by atoms with Crippen LogP contribution < -0.4 is 0 Å². The molecular formula is C18H23ClN2. The fraction of sp³-hybridized carbons (Fsp3) is 0.500. The van der Waals surface area contributed by atoms with E-state index in [9.17, 15) is 0 Å². The van der Waals surface area contributed by atoms with Crippen molar-refractivity contribution in [3.05, 3.63) is 53.6 Å². The van der Waals surface area contributed by atoms with E-state index in [0.717, 1.165) is 18.4 Å². The van der Waals surface area contributed by atoms with Gasteiger partial charge in [-0.1, -0.05) is 24.6 Å². The van der Waals surface area contributed by atoms with E-state index >= 15 is 0 Å². The van der Waals surface area contributed by atoms with Crippen LogP contribution in [0.3, 0.4) is 0 Å². The predicted octanol–water partition coefficient (Wildman–Crippen LogP) is 4.38. The minimum Gasteiger partial charge on any atom is -0.337 e. The van der Waals surface area contributed by atoms with E-state index < -0.39 is 0 Å². The molecule has 0 saturated heterocycles. The highest BCUT2D eigenvalue weighted by Crippen LogP contribution is 2.42. The number of imidazole rings is 1. The molecule has 2 nitrogen and oxygen atoms in total. The minimum absolute atomic E-state index is 0. The van der Waals surface area contributed by atoms with Gasteiger partial charge in [0, 0.05) is 18.9 Å². The van der Waals surface area contributed by atoms with E-state index in [2.05, 4.69) is 33.9 Å². The molecule has 4 rings (SSSR count). The van der Waals surface area contributed by atoms with Gasteiger partial charge in [-0.2, -0.15) is 0 Å². The number of benzene rings is 1. The average Bonchev–Trinajstić information content (AvgIpc) is 2.87. The van der Waals surface area contributed by atoms with E-state index in [-0.39, 0.29) is 12.4 Å². The summed E-state index contributed by atoms with van der Waals surface area (Å²) in [4.78, 5) is 4.17. The maximum atomic E-state index is 4.17. The van der Waals surface area contributed by atoms with Crippen LogP contribution in [0.4, 0.5) is 0 Å². The van der Waals surface area contributed by atoms with Gasteiger partial charge in [-0.25, -0.2) is 4.98 Å². The number of hydrogen-bond acceptors (Lipinski definition) is 1. The van der Waals surface area contributed by atoms with Gasteiger partial charge in [0.05, 0.1) is 6.33 Å². The average molecular weight is 303 g/mol. The fourth-order valence-corrected chi connectivity index (χ4v) is 4.30. The lowest BCUT2D eigenvalue weighted by Crippen LogP contribution is -2.23. The van der Waals surface area contributed by atoms with Crippen LogP contribution in [0.5, 0.6) is 0 Å². The second kappa shape index (κ2) is 6.23. The molecule has 0 bridgehead atoms. The van der Waals surface area contributed by atoms with Gasteiger partial charge in [-0.15, -0.1) is 12.4 Å². The van der Waals surface area contributed by atoms with Crippen molar-refractivity contribution in [3.63, 3.8) is 0 Å². The molecule has 0 N–H and O–H groups in total. The van der Waals surface area contributed by atoms with Crippen LogP contribution in [0.25, 0.3) is 0 Å². The zero-order chi connectivity index (χ0) is 13.4. The Labute approximate surface area is 133 Å². The lowest BCUT2D eigenvalue weighted by atomic mass is 9.74. The van der Waals surface area contributed by atoms with Crippen LogP contribution in [-0.2, 0) is 19.4 Å². The molecule has 0 radical (unpaired) electrons. The maximum Gasteiger partial charge on any atom is 0.0945 e. The van der Waals surface area contributed by atoms with E-state index in [1.165, 1.54) is 38.5 Å². The second-order valence-corrected chi connectivity index (χ2v) is 6.50. The first-order chi connectivity index (χ1) is 9.90. The van der Waals surface area contributed by atoms with E-state index in [4.69, 9.17) is 0 Å². The standard InChI is InChI=1S/C18H22N2.ClH/c1-2-5-16-10-14(12-20-9-8-19-13-20)11-17-7-3-6-15(4-1)18(16)17;/h3,6-9,13-14,16H,1-2,4-5,10-12H2;1H/t14-,16+;/m0./s1. The largest absolute Gasteiger partial charge is 0.337 e. The maximum absolute atomic E-state index is 4.17. The van der Waals surface area contributed by atoms with Crippen molar-refractivity contribution in [2.75, 3.05) is 0 Å². The van der Waals surface area contributed by atoms with Gasteiger partial charge in [-0.3, -0.25) is 0 Å². The van der Waals surface area contributed by atoms with Crippen molar-refractivity contribution in [2.24, 2.45) is 5.92 Å². The highest BCUT2D eigenvalue weighted by molar-refractivity contribution is 5.85. The first-order valence-electron chi connectivity index (χ1n) is 7.96. The van der Waals surface area contributed by atoms with Crippen molar-refractivity contribution in [3.8, 4) is 0 Å². The molecule has 0 fully saturated rings. The molecule has 112 valence electrons. The molecule has 2 aliphatic rings. The molecule has 0 unspecified atom stereocenters. The number of halogens is 1. The number of aromatic nitrogens is 2. The van der Waals surface area contributed by atoms with Crippen molar-refractivity contribution < 1.29 is 0 Å². The molecule has 1 aromatic heterocycles. The Kier molecular flexibility index (Phi) is 4.34. The molecule has 21 heavy (non-hydrogen) atoms. The Morgan fingerprint density at radius 3 is 2.95 bits per heavy atom. The smallest absolute Gasteiger partial charge is 0.0945 e. The third kappa shape index (κ3) is 2.87. The van der Waals surface area contributed by atoms with E-state index in [0.29, 0.717) is 0 Å². The summed E-state index contributed by atoms with van der Waals surface area (Å²) in [6.45, 7) is 1.13. The summed E-state index contributed by atoms with van der Waals surface area (Å²) in [5.41, 5.74) is 5.00. The van der Waals surface area contributed by atoms with E-state index in [1.807, 2.05) is 12.5 Å². The third-order valence-electron chi connectivity index (χ3n) is 5.10. The van der Waals surface area contributed by atoms with Crippen LogP contribution in [0, 0.1) is 5.92 Å². The lowest BCUT2D eigenvalue weighted by Gasteiger charge is -2.32. The Morgan fingerprint density at radius 2 is 2.10 bits per heavy atom. The first kappa shape index (κ1) is 14.6. The Bertz CT molecular complexity index is 591. The fourth-order valence-electron chi connectivity index (χ4n) is 4.30. The normalized spacial score (nSPS) is 23.8. The summed E-state index contributed by atoms with van der Waals surface area (Å²) >= 11 is 0. The summed E-state index contributed by atoms with van der Waals surface area (Å²) < 4.78 is 2.25. The van der Waals surface area contributed by atoms with Crippen LogP contribution in [0.2, 0.25) is 0 Å². The van der Waals surface area contributed by atoms with Gasteiger partial charge in [0.2, 0.25) is 0 Å². The zero-order valence-corrected chi connectivity index (χ0v) is 13.2. The molecule has 0 aliphatic heterocycles. The van der Waals surface area contributed by atoms with Gasteiger partial charge < -0.3 is 4.57 Å². The summed E-state index contributed by atoms with van der Waals surface area (Å²) in [7, 11) is 0. The molecule has 2 aliphatic carbocycles. The molecule has 2 aromatic rings. The number of hydrogen-bond donors (Lipinski definition) is 0. The minimum atomic E-state index is 0. The zero-order valence-electron chi connectivity index (χ0n) is 12.4. The van der Waals surface area contributed by atoms with Crippen molar-refractivity contribution in [1.82, 2.24) is 9.55 Å². The van der Waals surface area contributed by atoms with Crippen LogP contribution in [0.1, 0.15) is 48.3 Å². The number of rotatable bonds is 2. The number of nitrogens with zero attached hydrogens (tertiary/aromatic N) is 2. The topological polar surface area (TPSA) is 17.8 Å². The Morgan fingerprint density at radius 1 is 1.19 bits per heavy atom. The number of aryl methyl sites for hydroxylation is 1. The van der Waals surface area contributed by atoms with Crippen molar-refractivity contribution in [1.29, 1.82) is 0 Å². The third-order valence-corrected chi connectivity index (χ3v) is 5.10. The molecule has 0 saturated carbocycles. The first-order valence-corrected chi connectivity index (χ1v) is 7.96. The Hall–Kier alpha value is -1.28. The Balaban J connectivity index is 0.00000132. The molecule has 0 amide bonds. The monoisotopic (exact) mass is 302 g/mol. The summed E-state index contributed by atoms with van der Waals surface area (Å²) in [5.74, 6) is 1.58. The molecule has 3 heteroatoms. The van der Waals surface area contributed by atoms with Crippen molar-refractivity contribution >= 4 is 12.4 Å². The van der Waals surface area contributed by atoms with E-state index in [1.54, 1.807) is 16.7 Å². The van der Waals surface area contributed by atoms with Crippen LogP contribution in [0.15, 0.2) is 36.9 Å². The quantitative estimate of drug-likeness (QED) is 0.805. The summed E-state index contributed by atoms with van der Waals surface area (Å²) in [5, 5.41) is 0. The predicted molar refractivity (Wildman–Crippen MR) is 88.0 cm³/mol. The summed E-state index contributed by atoms with van der Waals surface area (Å²) in [6.07, 6.45) is 14.0. The van der Waals surface area contributed by atoms with Crippen molar-refractivity contribution in [2.45, 2.75) is 51.0 Å². The van der Waals surface area contributed by atoms with Gasteiger partial charge >= 0.3 is 0 Å². The highest BCUT2D eigenvalue weighted by Gasteiger charge is 2.29. The van der Waals surface area contributed by atoms with Crippen LogP contribution >= 0.6 is 12.4 Å². The molecular weight excluding hydrogens is 280 g/mol. The molecule has 1 aromatic carbocycles. The van der Waals surface area contributed by atoms with Gasteiger partial charge in [0.1, 0.15) is 0 Å². The SMILES string of the molecule is Cl.c1cc2c3c(c1)C[C@@H](Cn1ccnc1)C[C@H]3CCCC2. The lowest BCUT2D eigenvalue weighted by molar-refractivity contribution is 0.345. The van der Waals surface area contributed by atoms with Gasteiger partial charge in [0.25, 0.3) is 0 Å². The second-order valence-electron chi connectivity index (χ2n) is 6.50. The highest BCUT2D eigenvalue weighted by atomic mass is 35.5. The molecule has 0 spiro atoms. The van der Waals surface area contributed by atoms with Gasteiger partial charge in [0.15, 0.2) is 0 Å². The molecule has 2 atom stereocenters.